The van der Waals surface area contributed by atoms with E-state index in [1.807, 2.05) is 12.4 Å². The van der Waals surface area contributed by atoms with E-state index in [9.17, 15) is 0 Å². The maximum Gasteiger partial charge on any atom is 0.0443 e. The van der Waals surface area contributed by atoms with Gasteiger partial charge in [0.25, 0.3) is 0 Å². The van der Waals surface area contributed by atoms with Crippen LogP contribution in [-0.4, -0.2) is 48.6 Å². The summed E-state index contributed by atoms with van der Waals surface area (Å²) < 4.78 is 0. The van der Waals surface area contributed by atoms with E-state index >= 15 is 0 Å². The molecule has 0 amide bonds. The first-order valence-electron chi connectivity index (χ1n) is 7.74. The van der Waals surface area contributed by atoms with Crippen molar-refractivity contribution in [1.82, 2.24) is 15.2 Å². The standard InChI is InChI=1S/C16H28N4/c1-5-7-17-9-15-10-18-8-6-16(15)20-11-13(2)19(4)14(3)12-20/h6,8,10,13-14,17H,5,7,9,11-12H2,1-4H3. The predicted octanol–water partition coefficient (Wildman–Crippen LogP) is 2.11. The van der Waals surface area contributed by atoms with Gasteiger partial charge in [0, 0.05) is 55.4 Å². The second kappa shape index (κ2) is 7.04. The third-order valence-corrected chi connectivity index (χ3v) is 4.32. The van der Waals surface area contributed by atoms with Crippen LogP contribution in [0, 0.1) is 0 Å². The first-order valence-corrected chi connectivity index (χ1v) is 7.74. The highest BCUT2D eigenvalue weighted by Gasteiger charge is 2.27. The van der Waals surface area contributed by atoms with Gasteiger partial charge in [-0.1, -0.05) is 6.92 Å². The van der Waals surface area contributed by atoms with Crippen LogP contribution in [0.15, 0.2) is 18.5 Å². The molecule has 0 spiro atoms. The molecule has 2 unspecified atom stereocenters. The molecule has 0 aromatic carbocycles. The maximum atomic E-state index is 4.29. The van der Waals surface area contributed by atoms with Gasteiger partial charge in [-0.25, -0.2) is 0 Å². The van der Waals surface area contributed by atoms with E-state index in [0.717, 1.165) is 32.6 Å². The van der Waals surface area contributed by atoms with Gasteiger partial charge in [0.05, 0.1) is 0 Å². The van der Waals surface area contributed by atoms with E-state index in [-0.39, 0.29) is 0 Å². The summed E-state index contributed by atoms with van der Waals surface area (Å²) in [6.45, 7) is 11.0. The molecule has 1 aliphatic heterocycles. The molecule has 1 N–H and O–H groups in total. The average molecular weight is 276 g/mol. The molecule has 1 saturated heterocycles. The van der Waals surface area contributed by atoms with E-state index in [0.29, 0.717) is 12.1 Å². The molecular formula is C16H28N4. The first kappa shape index (κ1) is 15.3. The molecule has 2 rings (SSSR count). The number of likely N-dealkylation sites (N-methyl/N-ethyl adjacent to an activating group) is 1. The van der Waals surface area contributed by atoms with Crippen LogP contribution in [-0.2, 0) is 6.54 Å². The number of hydrogen-bond acceptors (Lipinski definition) is 4. The summed E-state index contributed by atoms with van der Waals surface area (Å²) in [6, 6.07) is 3.33. The van der Waals surface area contributed by atoms with E-state index < -0.39 is 0 Å². The van der Waals surface area contributed by atoms with Gasteiger partial charge in [0.1, 0.15) is 0 Å². The molecule has 2 heterocycles. The van der Waals surface area contributed by atoms with Gasteiger partial charge in [-0.3, -0.25) is 9.88 Å². The van der Waals surface area contributed by atoms with Gasteiger partial charge in [-0.15, -0.1) is 0 Å². The number of hydrogen-bond donors (Lipinski definition) is 1. The van der Waals surface area contributed by atoms with Crippen molar-refractivity contribution in [2.24, 2.45) is 0 Å². The summed E-state index contributed by atoms with van der Waals surface area (Å²) in [7, 11) is 2.23. The molecule has 0 aliphatic carbocycles. The fourth-order valence-corrected chi connectivity index (χ4v) is 2.87. The van der Waals surface area contributed by atoms with Gasteiger partial charge >= 0.3 is 0 Å². The van der Waals surface area contributed by atoms with Gasteiger partial charge in [-0.05, 0) is 39.9 Å². The lowest BCUT2D eigenvalue weighted by atomic mass is 10.1. The van der Waals surface area contributed by atoms with Crippen LogP contribution in [0.5, 0.6) is 0 Å². The third kappa shape index (κ3) is 3.49. The largest absolute Gasteiger partial charge is 0.368 e. The third-order valence-electron chi connectivity index (χ3n) is 4.32. The lowest BCUT2D eigenvalue weighted by Crippen LogP contribution is -2.55. The lowest BCUT2D eigenvalue weighted by Gasteiger charge is -2.44. The van der Waals surface area contributed by atoms with Crippen LogP contribution in [0.25, 0.3) is 0 Å². The maximum absolute atomic E-state index is 4.29. The second-order valence-corrected chi connectivity index (χ2v) is 5.95. The van der Waals surface area contributed by atoms with Crippen molar-refractivity contribution in [3.63, 3.8) is 0 Å². The van der Waals surface area contributed by atoms with Gasteiger partial charge in [0.2, 0.25) is 0 Å². The van der Waals surface area contributed by atoms with Crippen LogP contribution >= 0.6 is 0 Å². The highest BCUT2D eigenvalue weighted by atomic mass is 15.3. The Hall–Kier alpha value is -1.13. The van der Waals surface area contributed by atoms with Crippen LogP contribution in [0.3, 0.4) is 0 Å². The number of pyridine rings is 1. The highest BCUT2D eigenvalue weighted by molar-refractivity contribution is 5.53. The molecule has 1 aromatic rings. The van der Waals surface area contributed by atoms with Gasteiger partial charge in [0.15, 0.2) is 0 Å². The van der Waals surface area contributed by atoms with Crippen LogP contribution in [0.4, 0.5) is 5.69 Å². The molecule has 4 heteroatoms. The number of anilines is 1. The molecule has 0 radical (unpaired) electrons. The summed E-state index contributed by atoms with van der Waals surface area (Å²) in [6.07, 6.45) is 5.08. The summed E-state index contributed by atoms with van der Waals surface area (Å²) in [5.74, 6) is 0. The fourth-order valence-electron chi connectivity index (χ4n) is 2.87. The Kier molecular flexibility index (Phi) is 5.38. The molecule has 1 fully saturated rings. The lowest BCUT2D eigenvalue weighted by molar-refractivity contribution is 0.170. The van der Waals surface area contributed by atoms with Crippen molar-refractivity contribution in [1.29, 1.82) is 0 Å². The van der Waals surface area contributed by atoms with Crippen LogP contribution in [0.1, 0.15) is 32.8 Å². The minimum atomic E-state index is 0.586. The Labute approximate surface area is 123 Å². The number of nitrogens with zero attached hydrogens (tertiary/aromatic N) is 3. The molecule has 1 aliphatic rings. The zero-order valence-electron chi connectivity index (χ0n) is 13.3. The number of aromatic nitrogens is 1. The number of piperazine rings is 1. The minimum Gasteiger partial charge on any atom is -0.368 e. The highest BCUT2D eigenvalue weighted by Crippen LogP contribution is 2.24. The number of nitrogens with one attached hydrogen (secondary N) is 1. The van der Waals surface area contributed by atoms with E-state index in [1.54, 1.807) is 0 Å². The first-order chi connectivity index (χ1) is 9.63. The Bertz CT molecular complexity index is 409. The van der Waals surface area contributed by atoms with Crippen molar-refractivity contribution < 1.29 is 0 Å². The summed E-state index contributed by atoms with van der Waals surface area (Å²) in [5.41, 5.74) is 2.65. The molecular weight excluding hydrogens is 248 g/mol. The average Bonchev–Trinajstić information content (AvgIpc) is 2.45. The predicted molar refractivity (Wildman–Crippen MR) is 85.1 cm³/mol. The van der Waals surface area contributed by atoms with E-state index in [1.165, 1.54) is 11.3 Å². The molecule has 0 bridgehead atoms. The fraction of sp³-hybridized carbons (Fsp3) is 0.688. The molecule has 0 saturated carbocycles. The Balaban J connectivity index is 2.11. The number of rotatable bonds is 5. The Morgan fingerprint density at radius 1 is 1.30 bits per heavy atom. The quantitative estimate of drug-likeness (QED) is 0.835. The van der Waals surface area contributed by atoms with Crippen molar-refractivity contribution in [2.45, 2.75) is 45.8 Å². The topological polar surface area (TPSA) is 31.4 Å². The van der Waals surface area contributed by atoms with E-state index in [2.05, 4.69) is 54.0 Å². The normalized spacial score (nSPS) is 24.1. The van der Waals surface area contributed by atoms with Crippen molar-refractivity contribution in [2.75, 3.05) is 31.6 Å². The summed E-state index contributed by atoms with van der Waals surface area (Å²) in [4.78, 5) is 9.27. The molecule has 20 heavy (non-hydrogen) atoms. The molecule has 2 atom stereocenters. The van der Waals surface area contributed by atoms with Crippen LogP contribution in [0.2, 0.25) is 0 Å². The van der Waals surface area contributed by atoms with Crippen LogP contribution < -0.4 is 10.2 Å². The molecule has 1 aromatic heterocycles. The smallest absolute Gasteiger partial charge is 0.0443 e. The van der Waals surface area contributed by atoms with Crippen molar-refractivity contribution >= 4 is 5.69 Å². The molecule has 4 nitrogen and oxygen atoms in total. The minimum absolute atomic E-state index is 0.586. The molecule has 112 valence electrons. The van der Waals surface area contributed by atoms with Crippen molar-refractivity contribution in [3.05, 3.63) is 24.0 Å². The SMILES string of the molecule is CCCNCc1cnccc1N1CC(C)N(C)C(C)C1. The second-order valence-electron chi connectivity index (χ2n) is 5.95. The summed E-state index contributed by atoms with van der Waals surface area (Å²) in [5, 5.41) is 3.48. The van der Waals surface area contributed by atoms with E-state index in [4.69, 9.17) is 0 Å². The van der Waals surface area contributed by atoms with Gasteiger partial charge < -0.3 is 10.2 Å². The van der Waals surface area contributed by atoms with Gasteiger partial charge in [-0.2, -0.15) is 0 Å². The zero-order valence-corrected chi connectivity index (χ0v) is 13.3. The Morgan fingerprint density at radius 2 is 2.00 bits per heavy atom. The zero-order chi connectivity index (χ0) is 14.5. The summed E-state index contributed by atoms with van der Waals surface area (Å²) >= 11 is 0. The Morgan fingerprint density at radius 3 is 2.65 bits per heavy atom. The van der Waals surface area contributed by atoms with Crippen molar-refractivity contribution in [3.8, 4) is 0 Å². The monoisotopic (exact) mass is 276 g/mol.